The molecule has 0 spiro atoms. The lowest BCUT2D eigenvalue weighted by atomic mass is 10.2. The molecule has 0 aromatic heterocycles. The Kier molecular flexibility index (Phi) is 7.15. The third kappa shape index (κ3) is 7.54. The molecule has 53 valence electrons. The van der Waals surface area contributed by atoms with Gasteiger partial charge in [0.15, 0.2) is 0 Å². The summed E-state index contributed by atoms with van der Waals surface area (Å²) in [6.07, 6.45) is 8.60. The summed E-state index contributed by atoms with van der Waals surface area (Å²) in [6, 6.07) is 0. The summed E-state index contributed by atoms with van der Waals surface area (Å²) in [5.74, 6) is 0. The highest BCUT2D eigenvalue weighted by atomic mass is 16.5. The molecule has 0 heterocycles. The number of ether oxygens (including phenoxy) is 1. The van der Waals surface area contributed by atoms with Gasteiger partial charge in [-0.15, -0.1) is 0 Å². The number of hydrogen-bond donors (Lipinski definition) is 0. The molecule has 0 saturated carbocycles. The van der Waals surface area contributed by atoms with Gasteiger partial charge in [0.1, 0.15) is 7.11 Å². The maximum absolute atomic E-state index is 4.49. The highest BCUT2D eigenvalue weighted by Gasteiger charge is 1.79. The van der Waals surface area contributed by atoms with E-state index in [0.29, 0.717) is 0 Å². The highest BCUT2D eigenvalue weighted by molar-refractivity contribution is 4.72. The minimum Gasteiger partial charge on any atom is -0.498 e. The van der Waals surface area contributed by atoms with Gasteiger partial charge in [-0.3, -0.25) is 0 Å². The van der Waals surface area contributed by atoms with Gasteiger partial charge < -0.3 is 4.74 Å². The van der Waals surface area contributed by atoms with Gasteiger partial charge in [-0.2, -0.15) is 0 Å². The second-order valence-corrected chi connectivity index (χ2v) is 2.03. The average Bonchev–Trinajstić information content (AvgIpc) is 1.89. The average molecular weight is 127 g/mol. The molecule has 1 radical (unpaired) electrons. The lowest BCUT2D eigenvalue weighted by Gasteiger charge is -1.90. The van der Waals surface area contributed by atoms with Crippen molar-refractivity contribution in [2.45, 2.75) is 32.6 Å². The SMILES string of the molecule is [CH2]OC=CCCCCC. The summed E-state index contributed by atoms with van der Waals surface area (Å²) in [5, 5.41) is 0. The van der Waals surface area contributed by atoms with Crippen LogP contribution >= 0.6 is 0 Å². The van der Waals surface area contributed by atoms with Crippen molar-refractivity contribution in [2.75, 3.05) is 0 Å². The molecule has 0 aliphatic carbocycles. The fourth-order valence-corrected chi connectivity index (χ4v) is 0.648. The quantitative estimate of drug-likeness (QED) is 0.407. The Morgan fingerprint density at radius 2 is 2.22 bits per heavy atom. The Labute approximate surface area is 57.7 Å². The van der Waals surface area contributed by atoms with Crippen molar-refractivity contribution in [3.63, 3.8) is 0 Å². The predicted molar refractivity (Wildman–Crippen MR) is 39.7 cm³/mol. The minimum absolute atomic E-state index is 1.11. The Bertz CT molecular complexity index is 67.0. The molecular weight excluding hydrogens is 112 g/mol. The van der Waals surface area contributed by atoms with E-state index < -0.39 is 0 Å². The van der Waals surface area contributed by atoms with E-state index in [9.17, 15) is 0 Å². The largest absolute Gasteiger partial charge is 0.498 e. The molecule has 0 rings (SSSR count). The van der Waals surface area contributed by atoms with E-state index in [0.717, 1.165) is 6.42 Å². The molecule has 1 nitrogen and oxygen atoms in total. The number of unbranched alkanes of at least 4 members (excludes halogenated alkanes) is 3. The molecule has 0 aromatic carbocycles. The van der Waals surface area contributed by atoms with Crippen LogP contribution in [0, 0.1) is 7.11 Å². The van der Waals surface area contributed by atoms with Crippen LogP contribution < -0.4 is 0 Å². The second-order valence-electron chi connectivity index (χ2n) is 2.03. The Morgan fingerprint density at radius 3 is 2.78 bits per heavy atom. The van der Waals surface area contributed by atoms with Gasteiger partial charge in [0.2, 0.25) is 0 Å². The molecule has 1 heteroatoms. The monoisotopic (exact) mass is 127 g/mol. The minimum atomic E-state index is 1.11. The van der Waals surface area contributed by atoms with Gasteiger partial charge >= 0.3 is 0 Å². The van der Waals surface area contributed by atoms with Gasteiger partial charge in [0.05, 0.1) is 6.26 Å². The van der Waals surface area contributed by atoms with E-state index in [1.807, 2.05) is 6.08 Å². The molecule has 0 aromatic rings. The zero-order chi connectivity index (χ0) is 6.95. The molecule has 0 aliphatic heterocycles. The second kappa shape index (κ2) is 7.54. The van der Waals surface area contributed by atoms with Gasteiger partial charge in [0.25, 0.3) is 0 Å². The molecule has 0 N–H and O–H groups in total. The van der Waals surface area contributed by atoms with Crippen molar-refractivity contribution in [3.05, 3.63) is 19.4 Å². The van der Waals surface area contributed by atoms with E-state index in [4.69, 9.17) is 0 Å². The summed E-state index contributed by atoms with van der Waals surface area (Å²) in [6.45, 7) is 2.20. The first-order valence-corrected chi connectivity index (χ1v) is 3.47. The standard InChI is InChI=1S/C8H15O/c1-3-4-5-6-7-8-9-2/h7-8H,2-6H2,1H3. The maximum atomic E-state index is 4.49. The van der Waals surface area contributed by atoms with E-state index in [2.05, 4.69) is 18.8 Å². The molecule has 9 heavy (non-hydrogen) atoms. The molecule has 0 bridgehead atoms. The van der Waals surface area contributed by atoms with Crippen LogP contribution in [-0.4, -0.2) is 0 Å². The Balaban J connectivity index is 2.82. The van der Waals surface area contributed by atoms with Crippen LogP contribution in [0.4, 0.5) is 0 Å². The first-order valence-electron chi connectivity index (χ1n) is 3.47. The zero-order valence-electron chi connectivity index (χ0n) is 6.10. The molecule has 0 aliphatic rings. The first kappa shape index (κ1) is 8.54. The molecule has 0 unspecified atom stereocenters. The predicted octanol–water partition coefficient (Wildman–Crippen LogP) is 2.89. The lowest BCUT2D eigenvalue weighted by Crippen LogP contribution is -1.70. The van der Waals surface area contributed by atoms with Crippen LogP contribution in [0.25, 0.3) is 0 Å². The van der Waals surface area contributed by atoms with E-state index >= 15 is 0 Å². The van der Waals surface area contributed by atoms with Crippen LogP contribution in [0.15, 0.2) is 12.3 Å². The van der Waals surface area contributed by atoms with E-state index in [-0.39, 0.29) is 0 Å². The summed E-state index contributed by atoms with van der Waals surface area (Å²) in [5.41, 5.74) is 0. The summed E-state index contributed by atoms with van der Waals surface area (Å²) >= 11 is 0. The van der Waals surface area contributed by atoms with Crippen molar-refractivity contribution in [2.24, 2.45) is 0 Å². The number of rotatable bonds is 5. The summed E-state index contributed by atoms with van der Waals surface area (Å²) in [4.78, 5) is 0. The first-order chi connectivity index (χ1) is 4.41. The highest BCUT2D eigenvalue weighted by Crippen LogP contribution is 1.98. The van der Waals surface area contributed by atoms with Crippen LogP contribution in [0.2, 0.25) is 0 Å². The number of allylic oxidation sites excluding steroid dienone is 1. The molecule has 0 fully saturated rings. The van der Waals surface area contributed by atoms with Gasteiger partial charge in [-0.1, -0.05) is 19.8 Å². The van der Waals surface area contributed by atoms with Crippen LogP contribution in [0.1, 0.15) is 32.6 Å². The molecular formula is C8H15O. The Morgan fingerprint density at radius 1 is 1.44 bits per heavy atom. The van der Waals surface area contributed by atoms with Crippen molar-refractivity contribution < 1.29 is 4.74 Å². The van der Waals surface area contributed by atoms with Crippen molar-refractivity contribution in [1.82, 2.24) is 0 Å². The fourth-order valence-electron chi connectivity index (χ4n) is 0.648. The lowest BCUT2D eigenvalue weighted by molar-refractivity contribution is 0.392. The summed E-state index contributed by atoms with van der Waals surface area (Å²) in [7, 11) is 3.22. The maximum Gasteiger partial charge on any atom is 0.121 e. The zero-order valence-corrected chi connectivity index (χ0v) is 6.10. The van der Waals surface area contributed by atoms with Crippen molar-refractivity contribution in [3.8, 4) is 0 Å². The van der Waals surface area contributed by atoms with E-state index in [1.165, 1.54) is 19.3 Å². The molecule has 0 atom stereocenters. The van der Waals surface area contributed by atoms with Gasteiger partial charge in [-0.25, -0.2) is 0 Å². The van der Waals surface area contributed by atoms with E-state index in [1.54, 1.807) is 6.26 Å². The molecule has 0 saturated heterocycles. The van der Waals surface area contributed by atoms with Gasteiger partial charge in [0, 0.05) is 0 Å². The number of hydrogen-bond acceptors (Lipinski definition) is 1. The topological polar surface area (TPSA) is 9.23 Å². The summed E-state index contributed by atoms with van der Waals surface area (Å²) < 4.78 is 4.49. The fraction of sp³-hybridized carbons (Fsp3) is 0.625. The van der Waals surface area contributed by atoms with Crippen molar-refractivity contribution in [1.29, 1.82) is 0 Å². The normalized spacial score (nSPS) is 10.4. The smallest absolute Gasteiger partial charge is 0.121 e. The Hall–Kier alpha value is -0.460. The van der Waals surface area contributed by atoms with Crippen LogP contribution in [-0.2, 0) is 4.74 Å². The molecule has 0 amide bonds. The van der Waals surface area contributed by atoms with Crippen LogP contribution in [0.5, 0.6) is 0 Å². The third-order valence-electron chi connectivity index (χ3n) is 1.17. The van der Waals surface area contributed by atoms with Gasteiger partial charge in [-0.05, 0) is 18.9 Å². The van der Waals surface area contributed by atoms with Crippen molar-refractivity contribution >= 4 is 0 Å². The third-order valence-corrected chi connectivity index (χ3v) is 1.17. The van der Waals surface area contributed by atoms with Crippen LogP contribution in [0.3, 0.4) is 0 Å².